The van der Waals surface area contributed by atoms with Crippen LogP contribution in [0.4, 0.5) is 11.4 Å². The molecule has 1 aliphatic rings. The molecule has 26 heavy (non-hydrogen) atoms. The fraction of sp³-hybridized carbons (Fsp3) is 0.312. The Bertz CT molecular complexity index is 911. The van der Waals surface area contributed by atoms with Gasteiger partial charge in [0.2, 0.25) is 0 Å². The molecular formula is C16H19BrClN7O. The van der Waals surface area contributed by atoms with Crippen molar-refractivity contribution in [2.24, 2.45) is 5.73 Å². The largest absolute Gasteiger partial charge is 0.368 e. The number of nitrogens with one attached hydrogen (secondary N) is 3. The Balaban J connectivity index is 0.00000196. The molecule has 1 atom stereocenters. The molecule has 0 aliphatic carbocycles. The van der Waals surface area contributed by atoms with E-state index in [9.17, 15) is 4.79 Å². The predicted molar refractivity (Wildman–Crippen MR) is 107 cm³/mol. The van der Waals surface area contributed by atoms with Gasteiger partial charge >= 0.3 is 0 Å². The smallest absolute Gasteiger partial charge is 0.258 e. The van der Waals surface area contributed by atoms with Crippen molar-refractivity contribution in [3.8, 4) is 0 Å². The van der Waals surface area contributed by atoms with Gasteiger partial charge in [0, 0.05) is 37.7 Å². The highest BCUT2D eigenvalue weighted by atomic mass is 79.9. The SMILES string of the molecule is Cl.NC1CCCN(c2c(Br)cnc3[nH]cc(NC(=O)c4cn[nH]c4)c23)C1. The summed E-state index contributed by atoms with van der Waals surface area (Å²) in [6, 6.07) is 0.145. The minimum Gasteiger partial charge on any atom is -0.368 e. The number of anilines is 2. The second-order valence-electron chi connectivity index (χ2n) is 6.17. The molecule has 5 N–H and O–H groups in total. The third kappa shape index (κ3) is 3.42. The van der Waals surface area contributed by atoms with Crippen molar-refractivity contribution >= 4 is 56.7 Å². The number of hydrogen-bond donors (Lipinski definition) is 4. The number of rotatable bonds is 3. The third-order valence-electron chi connectivity index (χ3n) is 4.41. The van der Waals surface area contributed by atoms with Gasteiger partial charge in [0.1, 0.15) is 5.65 Å². The number of nitrogens with two attached hydrogens (primary N) is 1. The molecule has 1 unspecified atom stereocenters. The van der Waals surface area contributed by atoms with Crippen molar-refractivity contribution in [3.05, 3.63) is 34.8 Å². The maximum absolute atomic E-state index is 12.4. The normalized spacial score (nSPS) is 17.2. The first-order chi connectivity index (χ1) is 12.1. The van der Waals surface area contributed by atoms with E-state index >= 15 is 0 Å². The van der Waals surface area contributed by atoms with Crippen LogP contribution in [0.15, 0.2) is 29.3 Å². The molecule has 3 aromatic rings. The van der Waals surface area contributed by atoms with E-state index in [1.54, 1.807) is 18.6 Å². The standard InChI is InChI=1S/C16H18BrN7O.ClH/c17-11-6-19-15-13(14(11)24-3-1-2-10(18)8-24)12(7-20-15)23-16(25)9-4-21-22-5-9;/h4-7,10H,1-3,8,18H2,(H,19,20)(H,21,22)(H,23,25);1H. The Labute approximate surface area is 164 Å². The van der Waals surface area contributed by atoms with Crippen LogP contribution < -0.4 is 16.0 Å². The van der Waals surface area contributed by atoms with Crippen molar-refractivity contribution in [1.29, 1.82) is 0 Å². The summed E-state index contributed by atoms with van der Waals surface area (Å²) in [5.74, 6) is -0.226. The average Bonchev–Trinajstić information content (AvgIpc) is 3.25. The second kappa shape index (κ2) is 7.65. The summed E-state index contributed by atoms with van der Waals surface area (Å²) < 4.78 is 0.882. The van der Waals surface area contributed by atoms with Gasteiger partial charge in [0.15, 0.2) is 0 Å². The van der Waals surface area contributed by atoms with Crippen LogP contribution in [0.2, 0.25) is 0 Å². The molecular weight excluding hydrogens is 422 g/mol. The van der Waals surface area contributed by atoms with Crippen LogP contribution in [0.5, 0.6) is 0 Å². The predicted octanol–water partition coefficient (Wildman–Crippen LogP) is 2.65. The monoisotopic (exact) mass is 439 g/mol. The summed E-state index contributed by atoms with van der Waals surface area (Å²) in [6.07, 6.45) is 8.65. The van der Waals surface area contributed by atoms with Gasteiger partial charge in [-0.1, -0.05) is 0 Å². The lowest BCUT2D eigenvalue weighted by Crippen LogP contribution is -2.43. The van der Waals surface area contributed by atoms with Crippen molar-refractivity contribution in [2.75, 3.05) is 23.3 Å². The van der Waals surface area contributed by atoms with Gasteiger partial charge in [-0.3, -0.25) is 9.89 Å². The minimum absolute atomic E-state index is 0. The van der Waals surface area contributed by atoms with E-state index in [4.69, 9.17) is 5.73 Å². The molecule has 10 heteroatoms. The molecule has 0 spiro atoms. The van der Waals surface area contributed by atoms with Crippen LogP contribution in [0.25, 0.3) is 11.0 Å². The third-order valence-corrected chi connectivity index (χ3v) is 4.99. The summed E-state index contributed by atoms with van der Waals surface area (Å²) in [5, 5.41) is 10.3. The highest BCUT2D eigenvalue weighted by Crippen LogP contribution is 2.38. The van der Waals surface area contributed by atoms with Crippen molar-refractivity contribution in [1.82, 2.24) is 20.2 Å². The van der Waals surface area contributed by atoms with Crippen molar-refractivity contribution < 1.29 is 4.79 Å². The summed E-state index contributed by atoms with van der Waals surface area (Å²) in [6.45, 7) is 1.70. The molecule has 0 bridgehead atoms. The number of aromatic amines is 2. The molecule has 4 heterocycles. The second-order valence-corrected chi connectivity index (χ2v) is 7.02. The van der Waals surface area contributed by atoms with Crippen molar-refractivity contribution in [3.63, 3.8) is 0 Å². The lowest BCUT2D eigenvalue weighted by atomic mass is 10.1. The zero-order valence-electron chi connectivity index (χ0n) is 13.8. The number of piperidine rings is 1. The van der Waals surface area contributed by atoms with Crippen LogP contribution in [0, 0.1) is 0 Å². The molecule has 1 amide bonds. The van der Waals surface area contributed by atoms with E-state index in [1.165, 1.54) is 6.20 Å². The number of pyridine rings is 1. The maximum atomic E-state index is 12.4. The molecule has 3 aromatic heterocycles. The average molecular weight is 441 g/mol. The van der Waals surface area contributed by atoms with Gasteiger partial charge in [0.05, 0.1) is 33.0 Å². The zero-order valence-corrected chi connectivity index (χ0v) is 16.2. The first-order valence-corrected chi connectivity index (χ1v) is 8.89. The Morgan fingerprint density at radius 1 is 1.38 bits per heavy atom. The fourth-order valence-electron chi connectivity index (χ4n) is 3.25. The molecule has 0 aromatic carbocycles. The van der Waals surface area contributed by atoms with Gasteiger partial charge in [-0.2, -0.15) is 5.10 Å². The Morgan fingerprint density at radius 3 is 2.96 bits per heavy atom. The van der Waals surface area contributed by atoms with Gasteiger partial charge in [0.25, 0.3) is 5.91 Å². The first kappa shape index (κ1) is 18.7. The number of amides is 1. The Kier molecular flexibility index (Phi) is 5.49. The molecule has 0 saturated carbocycles. The van der Waals surface area contributed by atoms with E-state index in [1.807, 2.05) is 0 Å². The van der Waals surface area contributed by atoms with Crippen LogP contribution in [-0.4, -0.2) is 45.2 Å². The lowest BCUT2D eigenvalue weighted by molar-refractivity contribution is 0.102. The fourth-order valence-corrected chi connectivity index (χ4v) is 3.80. The quantitative estimate of drug-likeness (QED) is 0.500. The van der Waals surface area contributed by atoms with E-state index in [2.05, 4.69) is 46.3 Å². The van der Waals surface area contributed by atoms with Gasteiger partial charge in [-0.25, -0.2) is 4.98 Å². The number of nitrogens with zero attached hydrogens (tertiary/aromatic N) is 3. The number of H-pyrrole nitrogens is 2. The highest BCUT2D eigenvalue weighted by molar-refractivity contribution is 9.10. The van der Waals surface area contributed by atoms with E-state index in [-0.39, 0.29) is 24.4 Å². The maximum Gasteiger partial charge on any atom is 0.258 e. The lowest BCUT2D eigenvalue weighted by Gasteiger charge is -2.33. The Hall–Kier alpha value is -2.10. The van der Waals surface area contributed by atoms with E-state index in [0.717, 1.165) is 47.1 Å². The summed E-state index contributed by atoms with van der Waals surface area (Å²) in [7, 11) is 0. The number of halogens is 2. The number of aromatic nitrogens is 4. The van der Waals surface area contributed by atoms with Gasteiger partial charge in [-0.15, -0.1) is 12.4 Å². The molecule has 1 aliphatic heterocycles. The molecule has 138 valence electrons. The van der Waals surface area contributed by atoms with E-state index in [0.29, 0.717) is 11.3 Å². The topological polar surface area (TPSA) is 116 Å². The van der Waals surface area contributed by atoms with Gasteiger partial charge < -0.3 is 20.9 Å². The number of carbonyl (C=O) groups is 1. The summed E-state index contributed by atoms with van der Waals surface area (Å²) in [4.78, 5) is 22.2. The van der Waals surface area contributed by atoms with Crippen LogP contribution in [0.3, 0.4) is 0 Å². The summed E-state index contributed by atoms with van der Waals surface area (Å²) in [5.41, 5.74) is 9.04. The molecule has 8 nitrogen and oxygen atoms in total. The van der Waals surface area contributed by atoms with E-state index < -0.39 is 0 Å². The Morgan fingerprint density at radius 2 is 2.23 bits per heavy atom. The zero-order chi connectivity index (χ0) is 17.4. The molecule has 4 rings (SSSR count). The molecule has 0 radical (unpaired) electrons. The van der Waals surface area contributed by atoms with Crippen LogP contribution in [0.1, 0.15) is 23.2 Å². The van der Waals surface area contributed by atoms with Crippen LogP contribution in [-0.2, 0) is 0 Å². The number of carbonyl (C=O) groups excluding carboxylic acids is 1. The van der Waals surface area contributed by atoms with Crippen LogP contribution >= 0.6 is 28.3 Å². The minimum atomic E-state index is -0.226. The number of fused-ring (bicyclic) bond motifs is 1. The summed E-state index contributed by atoms with van der Waals surface area (Å²) >= 11 is 3.61. The molecule has 1 fully saturated rings. The van der Waals surface area contributed by atoms with Crippen molar-refractivity contribution in [2.45, 2.75) is 18.9 Å². The molecule has 1 saturated heterocycles. The highest BCUT2D eigenvalue weighted by Gasteiger charge is 2.24. The first-order valence-electron chi connectivity index (χ1n) is 8.09. The number of hydrogen-bond acceptors (Lipinski definition) is 5. The van der Waals surface area contributed by atoms with Gasteiger partial charge in [-0.05, 0) is 28.8 Å².